The monoisotopic (exact) mass is 496 g/mol. The molecule has 1 aromatic rings. The smallest absolute Gasteiger partial charge is 0.301 e. The van der Waals surface area contributed by atoms with E-state index < -0.39 is 38.9 Å². The van der Waals surface area contributed by atoms with E-state index in [0.29, 0.717) is 11.8 Å². The van der Waals surface area contributed by atoms with Crippen molar-refractivity contribution < 1.29 is 22.0 Å². The molecule has 1 aliphatic heterocycles. The van der Waals surface area contributed by atoms with Gasteiger partial charge in [0.05, 0.1) is 17.3 Å². The van der Waals surface area contributed by atoms with E-state index in [1.165, 1.54) is 19.5 Å². The van der Waals surface area contributed by atoms with Crippen LogP contribution in [0.2, 0.25) is 0 Å². The zero-order chi connectivity index (χ0) is 25.4. The Morgan fingerprint density at radius 3 is 2.44 bits per heavy atom. The largest absolute Gasteiger partial charge is 0.383 e. The molecule has 1 saturated carbocycles. The summed E-state index contributed by atoms with van der Waals surface area (Å²) in [6.45, 7) is 8.39. The average molecular weight is 497 g/mol. The predicted molar refractivity (Wildman–Crippen MR) is 129 cm³/mol. The number of benzene rings is 1. The molecule has 0 bridgehead atoms. The molecule has 1 heterocycles. The molecule has 0 amide bonds. The molecule has 1 aromatic carbocycles. The minimum atomic E-state index is -4.04. The van der Waals surface area contributed by atoms with Crippen molar-refractivity contribution in [3.8, 4) is 0 Å². The van der Waals surface area contributed by atoms with E-state index in [1.807, 2.05) is 0 Å². The van der Waals surface area contributed by atoms with Crippen LogP contribution in [0.1, 0.15) is 57.3 Å². The fourth-order valence-electron chi connectivity index (χ4n) is 4.45. The van der Waals surface area contributed by atoms with Gasteiger partial charge in [-0.1, -0.05) is 27.7 Å². The molecule has 3 N–H and O–H groups in total. The first-order chi connectivity index (χ1) is 15.9. The van der Waals surface area contributed by atoms with Crippen molar-refractivity contribution in [2.45, 2.75) is 59.0 Å². The molecular weight excluding hydrogens is 462 g/mol. The van der Waals surface area contributed by atoms with Crippen LogP contribution in [-0.4, -0.2) is 43.9 Å². The molecule has 188 valence electrons. The van der Waals surface area contributed by atoms with E-state index in [4.69, 9.17) is 5.41 Å². The molecule has 7 nitrogen and oxygen atoms in total. The van der Waals surface area contributed by atoms with Gasteiger partial charge in [-0.05, 0) is 55.1 Å². The number of Topliss-reactive ketones (excluding diaryl/α,β-unsaturated/α-hetero) is 1. The number of carbonyl (C=O) groups excluding carboxylic acids is 1. The maximum atomic E-state index is 15.3. The summed E-state index contributed by atoms with van der Waals surface area (Å²) in [6.07, 6.45) is 4.40. The van der Waals surface area contributed by atoms with E-state index in [1.54, 1.807) is 0 Å². The Bertz CT molecular complexity index is 1090. The Morgan fingerprint density at radius 1 is 1.24 bits per heavy atom. The van der Waals surface area contributed by atoms with Crippen LogP contribution < -0.4 is 10.0 Å². The summed E-state index contributed by atoms with van der Waals surface area (Å²) in [7, 11) is -2.65. The molecule has 0 saturated heterocycles. The lowest BCUT2D eigenvalue weighted by atomic mass is 9.71. The lowest BCUT2D eigenvalue weighted by Crippen LogP contribution is -2.44. The van der Waals surface area contributed by atoms with Crippen molar-refractivity contribution in [1.82, 2.24) is 9.62 Å². The van der Waals surface area contributed by atoms with Gasteiger partial charge in [-0.3, -0.25) is 9.52 Å². The molecule has 2 aliphatic rings. The molecule has 34 heavy (non-hydrogen) atoms. The number of hydrogen-bond acceptors (Lipinski definition) is 5. The summed E-state index contributed by atoms with van der Waals surface area (Å²) < 4.78 is 58.3. The van der Waals surface area contributed by atoms with Crippen molar-refractivity contribution in [2.75, 3.05) is 11.8 Å². The second-order valence-electron chi connectivity index (χ2n) is 9.83. The zero-order valence-corrected chi connectivity index (χ0v) is 21.0. The summed E-state index contributed by atoms with van der Waals surface area (Å²) >= 11 is 0. The number of ketones is 1. The number of nitrogens with zero attached hydrogens (tertiary/aromatic N) is 1. The number of halogens is 2. The van der Waals surface area contributed by atoms with Gasteiger partial charge in [0.15, 0.2) is 11.6 Å². The second kappa shape index (κ2) is 10.1. The minimum Gasteiger partial charge on any atom is -0.383 e. The first-order valence-electron chi connectivity index (χ1n) is 11.6. The third-order valence-corrected chi connectivity index (χ3v) is 8.93. The SMILES string of the molecule is CC(C)[C@H](C)[C@H](C)[C@H]1CC(C(=O)c2c(F)ccc(NS(=O)(=O)N(C)C3CC3)c2F)=CNC1C=N. The van der Waals surface area contributed by atoms with Crippen LogP contribution in [0, 0.1) is 40.7 Å². The first kappa shape index (κ1) is 26.3. The van der Waals surface area contributed by atoms with Crippen LogP contribution in [-0.2, 0) is 10.2 Å². The quantitative estimate of drug-likeness (QED) is 0.331. The summed E-state index contributed by atoms with van der Waals surface area (Å²) in [5.74, 6) is -2.42. The van der Waals surface area contributed by atoms with E-state index in [9.17, 15) is 17.6 Å². The number of allylic oxidation sites excluding steroid dienone is 1. The van der Waals surface area contributed by atoms with Gasteiger partial charge in [0.1, 0.15) is 5.82 Å². The fourth-order valence-corrected chi connectivity index (χ4v) is 5.63. The summed E-state index contributed by atoms with van der Waals surface area (Å²) in [5.41, 5.74) is -1.07. The molecule has 0 spiro atoms. The van der Waals surface area contributed by atoms with Crippen molar-refractivity contribution in [3.05, 3.63) is 41.1 Å². The van der Waals surface area contributed by atoms with Crippen molar-refractivity contribution in [2.24, 2.45) is 23.7 Å². The van der Waals surface area contributed by atoms with E-state index in [-0.39, 0.29) is 35.9 Å². The van der Waals surface area contributed by atoms with Gasteiger partial charge in [-0.2, -0.15) is 12.7 Å². The first-order valence-corrected chi connectivity index (χ1v) is 13.1. The Kier molecular flexibility index (Phi) is 7.82. The van der Waals surface area contributed by atoms with Crippen molar-refractivity contribution in [3.63, 3.8) is 0 Å². The Morgan fingerprint density at radius 2 is 1.88 bits per heavy atom. The number of nitrogens with one attached hydrogen (secondary N) is 3. The van der Waals surface area contributed by atoms with Crippen LogP contribution >= 0.6 is 0 Å². The molecule has 0 radical (unpaired) electrons. The van der Waals surface area contributed by atoms with E-state index >= 15 is 4.39 Å². The average Bonchev–Trinajstić information content (AvgIpc) is 3.64. The van der Waals surface area contributed by atoms with Crippen LogP contribution in [0.15, 0.2) is 23.9 Å². The molecule has 4 atom stereocenters. The van der Waals surface area contributed by atoms with Crippen LogP contribution in [0.4, 0.5) is 14.5 Å². The fraction of sp³-hybridized carbons (Fsp3) is 0.583. The van der Waals surface area contributed by atoms with Gasteiger partial charge in [0, 0.05) is 31.1 Å². The van der Waals surface area contributed by atoms with Gasteiger partial charge in [-0.15, -0.1) is 0 Å². The van der Waals surface area contributed by atoms with Gasteiger partial charge in [0.2, 0.25) is 0 Å². The molecule has 1 unspecified atom stereocenters. The molecule has 3 rings (SSSR count). The highest BCUT2D eigenvalue weighted by Crippen LogP contribution is 2.36. The van der Waals surface area contributed by atoms with Crippen LogP contribution in [0.25, 0.3) is 0 Å². The predicted octanol–water partition coefficient (Wildman–Crippen LogP) is 4.34. The summed E-state index contributed by atoms with van der Waals surface area (Å²) in [6, 6.07) is 1.44. The maximum absolute atomic E-state index is 15.3. The standard InChI is InChI=1S/C24H34F2N4O3S/c1-13(2)14(3)15(4)18-10-16(12-28-21(18)11-27)24(31)22-19(25)8-9-20(23(22)26)29-34(32,33)30(5)17-6-7-17/h8-9,11-15,17-18,21,27-29H,6-7,10H2,1-5H3/t14-,15-,18+,21?/m0/s1. The lowest BCUT2D eigenvalue weighted by Gasteiger charge is -2.38. The van der Waals surface area contributed by atoms with Crippen LogP contribution in [0.3, 0.4) is 0 Å². The highest BCUT2D eigenvalue weighted by Gasteiger charge is 2.37. The van der Waals surface area contributed by atoms with Crippen LogP contribution in [0.5, 0.6) is 0 Å². The van der Waals surface area contributed by atoms with E-state index in [2.05, 4.69) is 37.7 Å². The highest BCUT2D eigenvalue weighted by molar-refractivity contribution is 7.90. The lowest BCUT2D eigenvalue weighted by molar-refractivity contribution is 0.100. The topological polar surface area (TPSA) is 102 Å². The van der Waals surface area contributed by atoms with Gasteiger partial charge < -0.3 is 10.7 Å². The highest BCUT2D eigenvalue weighted by atomic mass is 32.2. The molecular formula is C24H34F2N4O3S. The molecule has 0 aromatic heterocycles. The number of anilines is 1. The summed E-state index contributed by atoms with van der Waals surface area (Å²) in [4.78, 5) is 13.2. The Hall–Kier alpha value is -2.33. The molecule has 10 heteroatoms. The third-order valence-electron chi connectivity index (χ3n) is 7.39. The number of carbonyl (C=O) groups is 1. The zero-order valence-electron chi connectivity index (χ0n) is 20.2. The second-order valence-corrected chi connectivity index (χ2v) is 11.6. The van der Waals surface area contributed by atoms with Gasteiger partial charge in [-0.25, -0.2) is 8.78 Å². The van der Waals surface area contributed by atoms with Gasteiger partial charge >= 0.3 is 10.2 Å². The number of hydrogen-bond donors (Lipinski definition) is 3. The third kappa shape index (κ3) is 5.33. The van der Waals surface area contributed by atoms with E-state index in [0.717, 1.165) is 29.3 Å². The maximum Gasteiger partial charge on any atom is 0.301 e. The minimum absolute atomic E-state index is 0.112. The normalized spacial score (nSPS) is 22.7. The van der Waals surface area contributed by atoms with Crippen molar-refractivity contribution >= 4 is 27.9 Å². The molecule has 1 aliphatic carbocycles. The summed E-state index contributed by atoms with van der Waals surface area (Å²) in [5, 5.41) is 10.8. The molecule has 1 fully saturated rings. The Balaban J connectivity index is 1.89. The van der Waals surface area contributed by atoms with Crippen molar-refractivity contribution in [1.29, 1.82) is 5.41 Å². The van der Waals surface area contributed by atoms with Gasteiger partial charge in [0.25, 0.3) is 0 Å². The Labute approximate surface area is 200 Å². The number of rotatable bonds is 10.